The molecule has 0 aromatic carbocycles. The molecular formula is C12H21N3. The molecular weight excluding hydrogens is 186 g/mol. The van der Waals surface area contributed by atoms with E-state index in [9.17, 15) is 0 Å². The van der Waals surface area contributed by atoms with Gasteiger partial charge in [-0.25, -0.2) is 0 Å². The lowest BCUT2D eigenvalue weighted by atomic mass is 9.98. The fraction of sp³-hybridized carbons (Fsp3) is 0.917. The van der Waals surface area contributed by atoms with Crippen LogP contribution in [0, 0.1) is 11.3 Å². The number of hydrogen-bond donors (Lipinski definition) is 0. The fourth-order valence-electron chi connectivity index (χ4n) is 2.84. The molecule has 84 valence electrons. The molecule has 0 bridgehead atoms. The number of rotatable bonds is 2. The van der Waals surface area contributed by atoms with Gasteiger partial charge in [-0.05, 0) is 26.3 Å². The Morgan fingerprint density at radius 1 is 1.33 bits per heavy atom. The third kappa shape index (κ3) is 2.50. The van der Waals surface area contributed by atoms with Gasteiger partial charge in [0.1, 0.15) is 0 Å². The molecule has 2 fully saturated rings. The van der Waals surface area contributed by atoms with Crippen molar-refractivity contribution in [2.45, 2.75) is 44.7 Å². The average molecular weight is 207 g/mol. The number of piperidine rings is 1. The van der Waals surface area contributed by atoms with E-state index in [1.54, 1.807) is 0 Å². The quantitative estimate of drug-likeness (QED) is 0.686. The standard InChI is InChI=1S/C12H21N3/c1-11(5-6-13)15-9-8-14-7-3-2-4-12(14)10-15/h11-12H,2-5,7-10H2,1H3. The third-order valence-electron chi connectivity index (χ3n) is 3.88. The van der Waals surface area contributed by atoms with Gasteiger partial charge in [-0.1, -0.05) is 6.42 Å². The van der Waals surface area contributed by atoms with Crippen LogP contribution in [0.5, 0.6) is 0 Å². The van der Waals surface area contributed by atoms with Crippen LogP contribution in [-0.2, 0) is 0 Å². The molecule has 2 heterocycles. The van der Waals surface area contributed by atoms with Crippen molar-refractivity contribution in [3.05, 3.63) is 0 Å². The van der Waals surface area contributed by atoms with E-state index in [1.165, 1.54) is 38.9 Å². The molecule has 3 heteroatoms. The molecule has 0 radical (unpaired) electrons. The summed E-state index contributed by atoms with van der Waals surface area (Å²) < 4.78 is 0. The second kappa shape index (κ2) is 4.96. The van der Waals surface area contributed by atoms with Gasteiger partial charge in [0, 0.05) is 31.7 Å². The first-order valence-corrected chi connectivity index (χ1v) is 6.16. The van der Waals surface area contributed by atoms with Crippen molar-refractivity contribution in [1.29, 1.82) is 5.26 Å². The van der Waals surface area contributed by atoms with Crippen LogP contribution in [0.2, 0.25) is 0 Å². The number of fused-ring (bicyclic) bond motifs is 1. The largest absolute Gasteiger partial charge is 0.298 e. The maximum absolute atomic E-state index is 8.71. The maximum atomic E-state index is 8.71. The first-order chi connectivity index (χ1) is 7.31. The molecule has 0 spiro atoms. The summed E-state index contributed by atoms with van der Waals surface area (Å²) in [5.74, 6) is 0. The van der Waals surface area contributed by atoms with Gasteiger partial charge >= 0.3 is 0 Å². The summed E-state index contributed by atoms with van der Waals surface area (Å²) in [5, 5.41) is 8.71. The number of piperazine rings is 1. The van der Waals surface area contributed by atoms with Crippen molar-refractivity contribution in [3.8, 4) is 6.07 Å². The van der Waals surface area contributed by atoms with Gasteiger partial charge in [0.05, 0.1) is 12.5 Å². The molecule has 0 amide bonds. The van der Waals surface area contributed by atoms with Gasteiger partial charge in [0.25, 0.3) is 0 Å². The van der Waals surface area contributed by atoms with Crippen LogP contribution in [0.25, 0.3) is 0 Å². The summed E-state index contributed by atoms with van der Waals surface area (Å²) in [6, 6.07) is 3.50. The second-order valence-electron chi connectivity index (χ2n) is 4.89. The Morgan fingerprint density at radius 2 is 2.20 bits per heavy atom. The molecule has 0 aliphatic carbocycles. The van der Waals surface area contributed by atoms with Gasteiger partial charge in [-0.3, -0.25) is 9.80 Å². The summed E-state index contributed by atoms with van der Waals surface area (Å²) in [6.07, 6.45) is 4.80. The van der Waals surface area contributed by atoms with Crippen LogP contribution < -0.4 is 0 Å². The molecule has 0 aromatic heterocycles. The monoisotopic (exact) mass is 207 g/mol. The molecule has 2 rings (SSSR count). The topological polar surface area (TPSA) is 30.3 Å². The highest BCUT2D eigenvalue weighted by Gasteiger charge is 2.30. The van der Waals surface area contributed by atoms with Gasteiger partial charge in [0.15, 0.2) is 0 Å². The SMILES string of the molecule is CC(CC#N)N1CCN2CCCCC2C1. The first kappa shape index (κ1) is 10.9. The minimum atomic E-state index is 0.444. The Morgan fingerprint density at radius 3 is 3.00 bits per heavy atom. The molecule has 0 N–H and O–H groups in total. The predicted octanol–water partition coefficient (Wildman–Crippen LogP) is 1.46. The van der Waals surface area contributed by atoms with E-state index >= 15 is 0 Å². The van der Waals surface area contributed by atoms with Crippen LogP contribution in [-0.4, -0.2) is 48.1 Å². The van der Waals surface area contributed by atoms with E-state index in [-0.39, 0.29) is 0 Å². The van der Waals surface area contributed by atoms with E-state index in [4.69, 9.17) is 5.26 Å². The van der Waals surface area contributed by atoms with E-state index in [0.29, 0.717) is 12.5 Å². The zero-order valence-corrected chi connectivity index (χ0v) is 9.65. The van der Waals surface area contributed by atoms with Crippen molar-refractivity contribution in [2.24, 2.45) is 0 Å². The summed E-state index contributed by atoms with van der Waals surface area (Å²) in [5.41, 5.74) is 0. The van der Waals surface area contributed by atoms with Gasteiger partial charge in [0.2, 0.25) is 0 Å². The molecule has 0 aromatic rings. The van der Waals surface area contributed by atoms with Crippen molar-refractivity contribution < 1.29 is 0 Å². The maximum Gasteiger partial charge on any atom is 0.0638 e. The Kier molecular flexibility index (Phi) is 3.61. The van der Waals surface area contributed by atoms with E-state index in [0.717, 1.165) is 12.6 Å². The highest BCUT2D eigenvalue weighted by molar-refractivity contribution is 4.89. The Bertz CT molecular complexity index is 246. The predicted molar refractivity (Wildman–Crippen MR) is 60.5 cm³/mol. The minimum absolute atomic E-state index is 0.444. The van der Waals surface area contributed by atoms with Crippen molar-refractivity contribution in [2.75, 3.05) is 26.2 Å². The lowest BCUT2D eigenvalue weighted by Crippen LogP contribution is -2.56. The van der Waals surface area contributed by atoms with E-state index < -0.39 is 0 Å². The summed E-state index contributed by atoms with van der Waals surface area (Å²) >= 11 is 0. The molecule has 2 saturated heterocycles. The van der Waals surface area contributed by atoms with Crippen LogP contribution in [0.4, 0.5) is 0 Å². The van der Waals surface area contributed by atoms with Crippen molar-refractivity contribution in [3.63, 3.8) is 0 Å². The molecule has 2 aliphatic heterocycles. The van der Waals surface area contributed by atoms with Crippen LogP contribution >= 0.6 is 0 Å². The Labute approximate surface area is 92.7 Å². The average Bonchev–Trinajstić information content (AvgIpc) is 2.29. The zero-order chi connectivity index (χ0) is 10.7. The minimum Gasteiger partial charge on any atom is -0.298 e. The molecule has 2 unspecified atom stereocenters. The van der Waals surface area contributed by atoms with E-state index in [1.807, 2.05) is 0 Å². The van der Waals surface area contributed by atoms with Gasteiger partial charge in [-0.15, -0.1) is 0 Å². The summed E-state index contributed by atoms with van der Waals surface area (Å²) in [7, 11) is 0. The number of hydrogen-bond acceptors (Lipinski definition) is 3. The summed E-state index contributed by atoms with van der Waals surface area (Å²) in [6.45, 7) is 7.02. The van der Waals surface area contributed by atoms with Gasteiger partial charge < -0.3 is 0 Å². The molecule has 0 saturated carbocycles. The number of nitrogens with zero attached hydrogens (tertiary/aromatic N) is 3. The van der Waals surface area contributed by atoms with Crippen LogP contribution in [0.3, 0.4) is 0 Å². The molecule has 2 atom stereocenters. The van der Waals surface area contributed by atoms with Gasteiger partial charge in [-0.2, -0.15) is 5.26 Å². The number of nitriles is 1. The highest BCUT2D eigenvalue weighted by Crippen LogP contribution is 2.22. The Hall–Kier alpha value is -0.590. The van der Waals surface area contributed by atoms with E-state index in [2.05, 4.69) is 22.8 Å². The highest BCUT2D eigenvalue weighted by atomic mass is 15.3. The second-order valence-corrected chi connectivity index (χ2v) is 4.89. The molecule has 15 heavy (non-hydrogen) atoms. The zero-order valence-electron chi connectivity index (χ0n) is 9.65. The Balaban J connectivity index is 1.88. The fourth-order valence-corrected chi connectivity index (χ4v) is 2.84. The third-order valence-corrected chi connectivity index (χ3v) is 3.88. The molecule has 2 aliphatic rings. The summed E-state index contributed by atoms with van der Waals surface area (Å²) in [4.78, 5) is 5.13. The first-order valence-electron chi connectivity index (χ1n) is 6.16. The van der Waals surface area contributed by atoms with Crippen LogP contribution in [0.15, 0.2) is 0 Å². The smallest absolute Gasteiger partial charge is 0.0638 e. The van der Waals surface area contributed by atoms with Crippen LogP contribution in [0.1, 0.15) is 32.6 Å². The lowest BCUT2D eigenvalue weighted by molar-refractivity contribution is 0.0320. The van der Waals surface area contributed by atoms with Crippen molar-refractivity contribution >= 4 is 0 Å². The lowest BCUT2D eigenvalue weighted by Gasteiger charge is -2.45. The molecule has 3 nitrogen and oxygen atoms in total. The normalized spacial score (nSPS) is 30.5. The van der Waals surface area contributed by atoms with Crippen molar-refractivity contribution in [1.82, 2.24) is 9.80 Å².